The van der Waals surface area contributed by atoms with E-state index in [4.69, 9.17) is 14.2 Å². The average Bonchev–Trinajstić information content (AvgIpc) is 2.74. The van der Waals surface area contributed by atoms with Crippen LogP contribution >= 0.6 is 0 Å². The number of rotatable bonds is 12. The molecular formula is C21H26F3NO4. The van der Waals surface area contributed by atoms with Crippen LogP contribution in [0.3, 0.4) is 0 Å². The highest BCUT2D eigenvalue weighted by Crippen LogP contribution is 2.18. The largest absolute Gasteiger partial charge is 0.497 e. The van der Waals surface area contributed by atoms with Crippen molar-refractivity contribution in [2.24, 2.45) is 0 Å². The lowest BCUT2D eigenvalue weighted by Gasteiger charge is -2.28. The number of nitrogens with zero attached hydrogens (tertiary/aromatic N) is 1. The molecule has 0 heterocycles. The van der Waals surface area contributed by atoms with Crippen LogP contribution in [0.5, 0.6) is 11.5 Å². The molecule has 0 amide bonds. The van der Waals surface area contributed by atoms with Crippen molar-refractivity contribution >= 4 is 0 Å². The molecule has 0 saturated carbocycles. The number of aliphatic hydroxyl groups excluding tert-OH is 1. The summed E-state index contributed by atoms with van der Waals surface area (Å²) < 4.78 is 53.3. The Morgan fingerprint density at radius 3 is 1.62 bits per heavy atom. The lowest BCUT2D eigenvalue weighted by atomic mass is 10.1. The molecule has 0 spiro atoms. The number of hydrogen-bond donors (Lipinski definition) is 1. The summed E-state index contributed by atoms with van der Waals surface area (Å²) in [6, 6.07) is 14.8. The Kier molecular flexibility index (Phi) is 9.24. The average molecular weight is 413 g/mol. The summed E-state index contributed by atoms with van der Waals surface area (Å²) >= 11 is 0. The molecular weight excluding hydrogens is 387 g/mol. The van der Waals surface area contributed by atoms with E-state index in [1.54, 1.807) is 14.2 Å². The molecule has 2 atom stereocenters. The van der Waals surface area contributed by atoms with E-state index in [0.29, 0.717) is 24.6 Å². The van der Waals surface area contributed by atoms with Gasteiger partial charge in [0.05, 0.1) is 26.9 Å². The fraction of sp³-hybridized carbons (Fsp3) is 0.429. The zero-order valence-corrected chi connectivity index (χ0v) is 16.4. The van der Waals surface area contributed by atoms with Crippen LogP contribution in [0.15, 0.2) is 48.5 Å². The van der Waals surface area contributed by atoms with Crippen molar-refractivity contribution in [1.82, 2.24) is 4.90 Å². The number of benzene rings is 2. The van der Waals surface area contributed by atoms with Gasteiger partial charge in [0.25, 0.3) is 12.8 Å². The van der Waals surface area contributed by atoms with Gasteiger partial charge in [-0.25, -0.2) is 13.2 Å². The summed E-state index contributed by atoms with van der Waals surface area (Å²) in [5.41, 5.74) is 1.89. The van der Waals surface area contributed by atoms with E-state index < -0.39 is 25.5 Å². The van der Waals surface area contributed by atoms with Crippen LogP contribution in [-0.2, 0) is 17.8 Å². The SMILES string of the molecule is COc1ccc(CN(Cc2ccc(OC)cc2)CC(CO)OC(F)C(F)F)cc1. The maximum atomic E-state index is 13.3. The minimum Gasteiger partial charge on any atom is -0.497 e. The summed E-state index contributed by atoms with van der Waals surface area (Å²) in [5.74, 6) is 1.42. The highest BCUT2D eigenvalue weighted by atomic mass is 19.3. The van der Waals surface area contributed by atoms with E-state index in [1.807, 2.05) is 53.4 Å². The molecule has 0 bridgehead atoms. The number of hydrogen-bond acceptors (Lipinski definition) is 5. The molecule has 2 rings (SSSR count). The number of aliphatic hydroxyl groups is 1. The van der Waals surface area contributed by atoms with Crippen molar-refractivity contribution in [2.45, 2.75) is 32.0 Å². The van der Waals surface area contributed by atoms with Crippen molar-refractivity contribution in [3.8, 4) is 11.5 Å². The second-order valence-corrected chi connectivity index (χ2v) is 6.49. The van der Waals surface area contributed by atoms with E-state index >= 15 is 0 Å². The molecule has 2 aromatic carbocycles. The number of alkyl halides is 3. The Hall–Kier alpha value is -2.29. The molecule has 2 aromatic rings. The maximum Gasteiger partial charge on any atom is 0.293 e. The summed E-state index contributed by atoms with van der Waals surface area (Å²) in [5, 5.41) is 9.48. The molecule has 0 radical (unpaired) electrons. The maximum absolute atomic E-state index is 13.3. The van der Waals surface area contributed by atoms with Crippen LogP contribution in [-0.4, -0.2) is 56.3 Å². The molecule has 1 N–H and O–H groups in total. The van der Waals surface area contributed by atoms with Gasteiger partial charge in [0.1, 0.15) is 11.5 Å². The van der Waals surface area contributed by atoms with Crippen molar-refractivity contribution in [3.05, 3.63) is 59.7 Å². The Bertz CT molecular complexity index is 663. The third-order valence-corrected chi connectivity index (χ3v) is 4.32. The zero-order valence-electron chi connectivity index (χ0n) is 16.4. The van der Waals surface area contributed by atoms with Crippen molar-refractivity contribution in [3.63, 3.8) is 0 Å². The van der Waals surface area contributed by atoms with E-state index in [9.17, 15) is 18.3 Å². The van der Waals surface area contributed by atoms with Crippen LogP contribution in [0.4, 0.5) is 13.2 Å². The van der Waals surface area contributed by atoms with Gasteiger partial charge in [-0.1, -0.05) is 24.3 Å². The minimum atomic E-state index is -3.26. The Morgan fingerprint density at radius 1 is 0.828 bits per heavy atom. The number of ether oxygens (including phenoxy) is 3. The molecule has 160 valence electrons. The molecule has 0 aliphatic carbocycles. The lowest BCUT2D eigenvalue weighted by Crippen LogP contribution is -2.38. The Morgan fingerprint density at radius 2 is 1.28 bits per heavy atom. The van der Waals surface area contributed by atoms with Gasteiger partial charge in [0.2, 0.25) is 0 Å². The van der Waals surface area contributed by atoms with Crippen LogP contribution in [0, 0.1) is 0 Å². The predicted molar refractivity (Wildman–Crippen MR) is 103 cm³/mol. The van der Waals surface area contributed by atoms with E-state index in [2.05, 4.69) is 0 Å². The topological polar surface area (TPSA) is 51.2 Å². The van der Waals surface area contributed by atoms with Gasteiger partial charge in [-0.15, -0.1) is 0 Å². The van der Waals surface area contributed by atoms with Gasteiger partial charge in [0.15, 0.2) is 0 Å². The predicted octanol–water partition coefficient (Wildman–Crippen LogP) is 3.64. The van der Waals surface area contributed by atoms with Gasteiger partial charge in [-0.3, -0.25) is 4.90 Å². The van der Waals surface area contributed by atoms with Crippen molar-refractivity contribution < 1.29 is 32.5 Å². The highest BCUT2D eigenvalue weighted by Gasteiger charge is 2.25. The van der Waals surface area contributed by atoms with E-state index in [0.717, 1.165) is 11.1 Å². The monoisotopic (exact) mass is 413 g/mol. The van der Waals surface area contributed by atoms with Crippen LogP contribution in [0.2, 0.25) is 0 Å². The minimum absolute atomic E-state index is 0.0711. The molecule has 0 saturated heterocycles. The summed E-state index contributed by atoms with van der Waals surface area (Å²) in [7, 11) is 3.15. The number of methoxy groups -OCH3 is 2. The van der Waals surface area contributed by atoms with Gasteiger partial charge >= 0.3 is 0 Å². The Labute approximate surface area is 168 Å². The standard InChI is InChI=1S/C21H26F3NO4/c1-27-17-7-3-15(4-8-17)11-25(12-16-5-9-18(28-2)10-6-16)13-19(14-26)29-21(24)20(22)23/h3-10,19-21,26H,11-14H2,1-2H3. The fourth-order valence-corrected chi connectivity index (χ4v) is 2.84. The fourth-order valence-electron chi connectivity index (χ4n) is 2.84. The molecule has 0 aromatic heterocycles. The second kappa shape index (κ2) is 11.6. The molecule has 5 nitrogen and oxygen atoms in total. The van der Waals surface area contributed by atoms with E-state index in [-0.39, 0.29) is 6.54 Å². The number of halogens is 3. The summed E-state index contributed by atoms with van der Waals surface area (Å²) in [6.45, 7) is 0.388. The third-order valence-electron chi connectivity index (χ3n) is 4.32. The van der Waals surface area contributed by atoms with Gasteiger partial charge in [0, 0.05) is 19.6 Å². The first-order valence-corrected chi connectivity index (χ1v) is 9.12. The summed E-state index contributed by atoms with van der Waals surface area (Å²) in [4.78, 5) is 1.89. The lowest BCUT2D eigenvalue weighted by molar-refractivity contribution is -0.170. The normalized spacial score (nSPS) is 13.5. The highest BCUT2D eigenvalue weighted by molar-refractivity contribution is 5.28. The smallest absolute Gasteiger partial charge is 0.293 e. The first-order valence-electron chi connectivity index (χ1n) is 9.12. The van der Waals surface area contributed by atoms with Crippen LogP contribution in [0.1, 0.15) is 11.1 Å². The third kappa shape index (κ3) is 7.56. The molecule has 29 heavy (non-hydrogen) atoms. The van der Waals surface area contributed by atoms with Gasteiger partial charge < -0.3 is 19.3 Å². The first-order chi connectivity index (χ1) is 13.9. The second-order valence-electron chi connectivity index (χ2n) is 6.49. The Balaban J connectivity index is 2.13. The van der Waals surface area contributed by atoms with Gasteiger partial charge in [-0.2, -0.15) is 0 Å². The van der Waals surface area contributed by atoms with Crippen LogP contribution in [0.25, 0.3) is 0 Å². The van der Waals surface area contributed by atoms with E-state index in [1.165, 1.54) is 0 Å². The molecule has 0 fully saturated rings. The quantitative estimate of drug-likeness (QED) is 0.576. The first kappa shape index (κ1) is 23.0. The summed E-state index contributed by atoms with van der Waals surface area (Å²) in [6.07, 6.45) is -7.09. The molecule has 2 unspecified atom stereocenters. The molecule has 0 aliphatic heterocycles. The van der Waals surface area contributed by atoms with Crippen molar-refractivity contribution in [2.75, 3.05) is 27.4 Å². The molecule has 0 aliphatic rings. The van der Waals surface area contributed by atoms with Crippen LogP contribution < -0.4 is 9.47 Å². The zero-order chi connectivity index (χ0) is 21.2. The van der Waals surface area contributed by atoms with Crippen molar-refractivity contribution in [1.29, 1.82) is 0 Å². The van der Waals surface area contributed by atoms with Gasteiger partial charge in [-0.05, 0) is 35.4 Å². The molecule has 8 heteroatoms.